The summed E-state index contributed by atoms with van der Waals surface area (Å²) in [6, 6.07) is 8.10. The van der Waals surface area contributed by atoms with Crippen LogP contribution in [0, 0.1) is 0 Å². The predicted octanol–water partition coefficient (Wildman–Crippen LogP) is 2.59. The van der Waals surface area contributed by atoms with Crippen molar-refractivity contribution in [3.8, 4) is 17.0 Å². The van der Waals surface area contributed by atoms with Crippen LogP contribution in [0.4, 0.5) is 0 Å². The molecule has 4 heteroatoms. The average molecular weight is 259 g/mol. The molecule has 102 valence electrons. The molecule has 4 nitrogen and oxygen atoms in total. The Labute approximate surface area is 114 Å². The predicted molar refractivity (Wildman–Crippen MR) is 77.2 cm³/mol. The molecule has 1 aromatic heterocycles. The lowest BCUT2D eigenvalue weighted by molar-refractivity contribution is 0.242. The van der Waals surface area contributed by atoms with Gasteiger partial charge in [-0.1, -0.05) is 0 Å². The van der Waals surface area contributed by atoms with E-state index in [1.807, 2.05) is 51.0 Å². The maximum absolute atomic E-state index is 5.65. The Morgan fingerprint density at radius 2 is 1.95 bits per heavy atom. The maximum Gasteiger partial charge on any atom is 0.119 e. The number of benzene rings is 1. The van der Waals surface area contributed by atoms with Crippen molar-refractivity contribution in [1.82, 2.24) is 14.9 Å². The van der Waals surface area contributed by atoms with Gasteiger partial charge in [-0.05, 0) is 45.2 Å². The molecular formula is C15H21N3O. The van der Waals surface area contributed by atoms with Gasteiger partial charge in [-0.3, -0.25) is 0 Å². The van der Waals surface area contributed by atoms with E-state index in [4.69, 9.17) is 4.74 Å². The summed E-state index contributed by atoms with van der Waals surface area (Å²) >= 11 is 0. The van der Waals surface area contributed by atoms with Crippen LogP contribution < -0.4 is 10.1 Å². The zero-order valence-electron chi connectivity index (χ0n) is 12.0. The van der Waals surface area contributed by atoms with Crippen LogP contribution in [-0.4, -0.2) is 22.7 Å². The number of ether oxygens (including phenoxy) is 1. The van der Waals surface area contributed by atoms with Gasteiger partial charge in [0.25, 0.3) is 0 Å². The molecule has 0 saturated heterocycles. The third-order valence-corrected chi connectivity index (χ3v) is 2.90. The van der Waals surface area contributed by atoms with Crippen LogP contribution in [0.1, 0.15) is 19.5 Å². The molecule has 2 rings (SSSR count). The Bertz CT molecular complexity index is 529. The number of nitrogens with one attached hydrogen (secondary N) is 1. The number of imidazole rings is 1. The van der Waals surface area contributed by atoms with Gasteiger partial charge >= 0.3 is 0 Å². The summed E-state index contributed by atoms with van der Waals surface area (Å²) in [5.74, 6) is 0.893. The van der Waals surface area contributed by atoms with E-state index >= 15 is 0 Å². The van der Waals surface area contributed by atoms with Crippen molar-refractivity contribution >= 4 is 0 Å². The molecule has 0 aliphatic carbocycles. The van der Waals surface area contributed by atoms with Crippen molar-refractivity contribution in [3.63, 3.8) is 0 Å². The lowest BCUT2D eigenvalue weighted by Crippen LogP contribution is -2.10. The molecule has 1 heterocycles. The second kappa shape index (κ2) is 5.89. The first-order valence-corrected chi connectivity index (χ1v) is 6.53. The lowest BCUT2D eigenvalue weighted by Gasteiger charge is -2.10. The van der Waals surface area contributed by atoms with Crippen molar-refractivity contribution in [2.24, 2.45) is 7.05 Å². The monoisotopic (exact) mass is 259 g/mol. The summed E-state index contributed by atoms with van der Waals surface area (Å²) in [6.07, 6.45) is 2.04. The summed E-state index contributed by atoms with van der Waals surface area (Å²) in [6.45, 7) is 4.85. The highest BCUT2D eigenvalue weighted by atomic mass is 16.5. The van der Waals surface area contributed by atoms with Gasteiger partial charge in [0.2, 0.25) is 0 Å². The van der Waals surface area contributed by atoms with Gasteiger partial charge in [-0.15, -0.1) is 0 Å². The van der Waals surface area contributed by atoms with Gasteiger partial charge in [0, 0.05) is 19.2 Å². The van der Waals surface area contributed by atoms with Crippen molar-refractivity contribution in [1.29, 1.82) is 0 Å². The third-order valence-electron chi connectivity index (χ3n) is 2.90. The first-order valence-electron chi connectivity index (χ1n) is 6.53. The van der Waals surface area contributed by atoms with Crippen molar-refractivity contribution in [3.05, 3.63) is 36.3 Å². The molecule has 0 atom stereocenters. The second-order valence-electron chi connectivity index (χ2n) is 4.87. The number of hydrogen-bond acceptors (Lipinski definition) is 3. The SMILES string of the molecule is CNCc1c(-c2ccc(OC(C)C)cc2)ncn1C. The van der Waals surface area contributed by atoms with Crippen LogP contribution in [0.2, 0.25) is 0 Å². The molecule has 0 radical (unpaired) electrons. The van der Waals surface area contributed by atoms with Crippen LogP contribution in [0.3, 0.4) is 0 Å². The van der Waals surface area contributed by atoms with Crippen molar-refractivity contribution in [2.75, 3.05) is 7.05 Å². The zero-order valence-corrected chi connectivity index (χ0v) is 12.0. The molecule has 2 aromatic rings. The highest BCUT2D eigenvalue weighted by Crippen LogP contribution is 2.24. The molecule has 0 bridgehead atoms. The Balaban J connectivity index is 2.27. The molecule has 1 N–H and O–H groups in total. The molecule has 0 unspecified atom stereocenters. The summed E-state index contributed by atoms with van der Waals surface area (Å²) in [7, 11) is 3.95. The molecular weight excluding hydrogens is 238 g/mol. The Hall–Kier alpha value is -1.81. The van der Waals surface area contributed by atoms with Gasteiger partial charge in [0.15, 0.2) is 0 Å². The van der Waals surface area contributed by atoms with E-state index in [0.717, 1.165) is 23.6 Å². The van der Waals surface area contributed by atoms with E-state index in [1.54, 1.807) is 0 Å². The summed E-state index contributed by atoms with van der Waals surface area (Å²) in [5.41, 5.74) is 3.31. The lowest BCUT2D eigenvalue weighted by atomic mass is 10.1. The maximum atomic E-state index is 5.65. The average Bonchev–Trinajstić information content (AvgIpc) is 2.72. The fourth-order valence-corrected chi connectivity index (χ4v) is 2.04. The Morgan fingerprint density at radius 1 is 1.26 bits per heavy atom. The Kier molecular flexibility index (Phi) is 4.22. The molecule has 19 heavy (non-hydrogen) atoms. The van der Waals surface area contributed by atoms with E-state index in [2.05, 4.69) is 22.4 Å². The number of hydrogen-bond donors (Lipinski definition) is 1. The number of aromatic nitrogens is 2. The Morgan fingerprint density at radius 3 is 2.53 bits per heavy atom. The van der Waals surface area contributed by atoms with Crippen LogP contribution in [-0.2, 0) is 13.6 Å². The summed E-state index contributed by atoms with van der Waals surface area (Å²) < 4.78 is 7.70. The van der Waals surface area contributed by atoms with E-state index in [9.17, 15) is 0 Å². The van der Waals surface area contributed by atoms with Gasteiger partial charge < -0.3 is 14.6 Å². The largest absolute Gasteiger partial charge is 0.491 e. The van der Waals surface area contributed by atoms with Gasteiger partial charge in [0.05, 0.1) is 23.8 Å². The van der Waals surface area contributed by atoms with Gasteiger partial charge in [-0.25, -0.2) is 4.98 Å². The highest BCUT2D eigenvalue weighted by Gasteiger charge is 2.10. The fourth-order valence-electron chi connectivity index (χ4n) is 2.04. The smallest absolute Gasteiger partial charge is 0.119 e. The van der Waals surface area contributed by atoms with Crippen molar-refractivity contribution < 1.29 is 4.74 Å². The summed E-state index contributed by atoms with van der Waals surface area (Å²) in [5, 5.41) is 3.17. The molecule has 0 fully saturated rings. The van der Waals surface area contributed by atoms with E-state index in [0.29, 0.717) is 0 Å². The van der Waals surface area contributed by atoms with Gasteiger partial charge in [0.1, 0.15) is 5.75 Å². The third kappa shape index (κ3) is 3.15. The number of nitrogens with zero attached hydrogens (tertiary/aromatic N) is 2. The minimum Gasteiger partial charge on any atom is -0.491 e. The second-order valence-corrected chi connectivity index (χ2v) is 4.87. The molecule has 0 aliphatic heterocycles. The minimum absolute atomic E-state index is 0.195. The molecule has 0 aliphatic rings. The molecule has 0 amide bonds. The van der Waals surface area contributed by atoms with E-state index in [1.165, 1.54) is 5.69 Å². The standard InChI is InChI=1S/C15H21N3O/c1-11(2)19-13-7-5-12(6-8-13)15-14(9-16-3)18(4)10-17-15/h5-8,10-11,16H,9H2,1-4H3. The first-order chi connectivity index (χ1) is 9.11. The zero-order chi connectivity index (χ0) is 13.8. The van der Waals surface area contributed by atoms with Crippen LogP contribution in [0.25, 0.3) is 11.3 Å². The highest BCUT2D eigenvalue weighted by molar-refractivity contribution is 5.62. The first kappa shape index (κ1) is 13.6. The van der Waals surface area contributed by atoms with E-state index in [-0.39, 0.29) is 6.10 Å². The minimum atomic E-state index is 0.195. The number of aryl methyl sites for hydroxylation is 1. The number of rotatable bonds is 5. The summed E-state index contributed by atoms with van der Waals surface area (Å²) in [4.78, 5) is 4.48. The van der Waals surface area contributed by atoms with E-state index < -0.39 is 0 Å². The topological polar surface area (TPSA) is 39.1 Å². The molecule has 0 saturated carbocycles. The molecule has 0 spiro atoms. The van der Waals surface area contributed by atoms with Crippen LogP contribution in [0.5, 0.6) is 5.75 Å². The molecule has 1 aromatic carbocycles. The fraction of sp³-hybridized carbons (Fsp3) is 0.400. The van der Waals surface area contributed by atoms with Crippen molar-refractivity contribution in [2.45, 2.75) is 26.5 Å². The van der Waals surface area contributed by atoms with Gasteiger partial charge in [-0.2, -0.15) is 0 Å². The van der Waals surface area contributed by atoms with Crippen LogP contribution >= 0.6 is 0 Å². The quantitative estimate of drug-likeness (QED) is 0.897. The van der Waals surface area contributed by atoms with Crippen LogP contribution in [0.15, 0.2) is 30.6 Å². The normalized spacial score (nSPS) is 11.0.